The van der Waals surface area contributed by atoms with Gasteiger partial charge in [-0.15, -0.1) is 0 Å². The Morgan fingerprint density at radius 3 is 2.81 bits per heavy atom. The molecule has 0 aliphatic rings. The molecule has 0 aliphatic heterocycles. The standard InChI is InChI=1S/C13H14O2S/c1-15-8-10-4-2-3-5-12(10)13(14)11-6-7-16-9-11/h2-7,9,13-14H,8H2,1H3. The van der Waals surface area contributed by atoms with Gasteiger partial charge in [0.25, 0.3) is 0 Å². The quantitative estimate of drug-likeness (QED) is 0.881. The number of methoxy groups -OCH3 is 1. The Morgan fingerprint density at radius 2 is 2.12 bits per heavy atom. The first kappa shape index (κ1) is 11.3. The van der Waals surface area contributed by atoms with Gasteiger partial charge in [-0.25, -0.2) is 0 Å². The maximum absolute atomic E-state index is 10.2. The number of aliphatic hydroxyl groups excluding tert-OH is 1. The highest BCUT2D eigenvalue weighted by molar-refractivity contribution is 7.07. The van der Waals surface area contributed by atoms with Crippen LogP contribution in [0.4, 0.5) is 0 Å². The van der Waals surface area contributed by atoms with Gasteiger partial charge < -0.3 is 9.84 Å². The Morgan fingerprint density at radius 1 is 1.31 bits per heavy atom. The van der Waals surface area contributed by atoms with E-state index in [0.29, 0.717) is 6.61 Å². The van der Waals surface area contributed by atoms with E-state index in [9.17, 15) is 5.11 Å². The summed E-state index contributed by atoms with van der Waals surface area (Å²) in [5.41, 5.74) is 2.89. The van der Waals surface area contributed by atoms with Crippen LogP contribution in [0.1, 0.15) is 22.8 Å². The molecule has 1 unspecified atom stereocenters. The lowest BCUT2D eigenvalue weighted by Gasteiger charge is -2.14. The number of aliphatic hydroxyl groups is 1. The Bertz CT molecular complexity index is 437. The van der Waals surface area contributed by atoms with E-state index in [-0.39, 0.29) is 0 Å². The summed E-state index contributed by atoms with van der Waals surface area (Å²) < 4.78 is 5.13. The SMILES string of the molecule is COCc1ccccc1C(O)c1ccsc1. The molecular weight excluding hydrogens is 220 g/mol. The Balaban J connectivity index is 2.32. The summed E-state index contributed by atoms with van der Waals surface area (Å²) in [6.07, 6.45) is -0.558. The second kappa shape index (κ2) is 5.25. The zero-order valence-electron chi connectivity index (χ0n) is 9.09. The first-order valence-corrected chi connectivity index (χ1v) is 6.04. The number of hydrogen-bond acceptors (Lipinski definition) is 3. The third-order valence-corrected chi connectivity index (χ3v) is 3.21. The van der Waals surface area contributed by atoms with Crippen molar-refractivity contribution in [3.05, 3.63) is 57.8 Å². The van der Waals surface area contributed by atoms with E-state index in [1.807, 2.05) is 41.1 Å². The largest absolute Gasteiger partial charge is 0.384 e. The van der Waals surface area contributed by atoms with Gasteiger partial charge in [-0.05, 0) is 33.5 Å². The van der Waals surface area contributed by atoms with Crippen molar-refractivity contribution in [3.8, 4) is 0 Å². The van der Waals surface area contributed by atoms with Crippen LogP contribution in [0.25, 0.3) is 0 Å². The van der Waals surface area contributed by atoms with Crippen LogP contribution in [0, 0.1) is 0 Å². The van der Waals surface area contributed by atoms with Gasteiger partial charge in [0.05, 0.1) is 6.61 Å². The minimum Gasteiger partial charge on any atom is -0.384 e. The van der Waals surface area contributed by atoms with E-state index < -0.39 is 6.10 Å². The summed E-state index contributed by atoms with van der Waals surface area (Å²) in [6.45, 7) is 0.525. The lowest BCUT2D eigenvalue weighted by molar-refractivity contribution is 0.176. The molecule has 0 saturated heterocycles. The van der Waals surface area contributed by atoms with Crippen molar-refractivity contribution in [2.24, 2.45) is 0 Å². The highest BCUT2D eigenvalue weighted by Crippen LogP contribution is 2.26. The third-order valence-electron chi connectivity index (χ3n) is 2.51. The van der Waals surface area contributed by atoms with Crippen molar-refractivity contribution in [3.63, 3.8) is 0 Å². The number of rotatable bonds is 4. The molecule has 0 saturated carbocycles. The lowest BCUT2D eigenvalue weighted by atomic mass is 9.99. The molecule has 2 nitrogen and oxygen atoms in total. The number of hydrogen-bond donors (Lipinski definition) is 1. The average Bonchev–Trinajstić information content (AvgIpc) is 2.83. The maximum Gasteiger partial charge on any atom is 0.105 e. The molecule has 2 aromatic rings. The molecule has 16 heavy (non-hydrogen) atoms. The second-order valence-electron chi connectivity index (χ2n) is 3.59. The lowest BCUT2D eigenvalue weighted by Crippen LogP contribution is -2.03. The van der Waals surface area contributed by atoms with Crippen molar-refractivity contribution >= 4 is 11.3 Å². The van der Waals surface area contributed by atoms with E-state index in [1.54, 1.807) is 18.4 Å². The van der Waals surface area contributed by atoms with Crippen molar-refractivity contribution in [2.45, 2.75) is 12.7 Å². The van der Waals surface area contributed by atoms with E-state index in [2.05, 4.69) is 0 Å². The molecule has 1 heterocycles. The van der Waals surface area contributed by atoms with Crippen LogP contribution in [0.15, 0.2) is 41.1 Å². The summed E-state index contributed by atoms with van der Waals surface area (Å²) in [5.74, 6) is 0. The summed E-state index contributed by atoms with van der Waals surface area (Å²) in [5, 5.41) is 14.2. The summed E-state index contributed by atoms with van der Waals surface area (Å²) in [4.78, 5) is 0. The molecule has 1 aromatic heterocycles. The normalized spacial score (nSPS) is 12.6. The van der Waals surface area contributed by atoms with E-state index >= 15 is 0 Å². The fourth-order valence-electron chi connectivity index (χ4n) is 1.70. The average molecular weight is 234 g/mol. The van der Waals surface area contributed by atoms with Gasteiger partial charge >= 0.3 is 0 Å². The summed E-state index contributed by atoms with van der Waals surface area (Å²) >= 11 is 1.59. The molecule has 3 heteroatoms. The van der Waals surface area contributed by atoms with Gasteiger partial charge in [0.2, 0.25) is 0 Å². The number of thiophene rings is 1. The second-order valence-corrected chi connectivity index (χ2v) is 4.37. The molecule has 0 aliphatic carbocycles. The van der Waals surface area contributed by atoms with Gasteiger partial charge in [-0.2, -0.15) is 11.3 Å². The highest BCUT2D eigenvalue weighted by Gasteiger charge is 2.14. The van der Waals surface area contributed by atoms with Crippen molar-refractivity contribution < 1.29 is 9.84 Å². The molecular formula is C13H14O2S. The third kappa shape index (κ3) is 2.32. The predicted molar refractivity (Wildman–Crippen MR) is 65.5 cm³/mol. The number of benzene rings is 1. The van der Waals surface area contributed by atoms with Crippen LogP contribution >= 0.6 is 11.3 Å². The van der Waals surface area contributed by atoms with E-state index in [1.165, 1.54) is 0 Å². The van der Waals surface area contributed by atoms with Gasteiger partial charge in [0.15, 0.2) is 0 Å². The minimum atomic E-state index is -0.558. The molecule has 2 rings (SSSR count). The fourth-order valence-corrected chi connectivity index (χ4v) is 2.38. The molecule has 84 valence electrons. The molecule has 0 spiro atoms. The van der Waals surface area contributed by atoms with Gasteiger partial charge in [0.1, 0.15) is 6.10 Å². The minimum absolute atomic E-state index is 0.525. The number of ether oxygens (including phenoxy) is 1. The van der Waals surface area contributed by atoms with E-state index in [4.69, 9.17) is 4.74 Å². The van der Waals surface area contributed by atoms with Gasteiger partial charge in [-0.1, -0.05) is 24.3 Å². The zero-order chi connectivity index (χ0) is 11.4. The van der Waals surface area contributed by atoms with Crippen LogP contribution < -0.4 is 0 Å². The first-order chi connectivity index (χ1) is 7.83. The summed E-state index contributed by atoms with van der Waals surface area (Å²) in [6, 6.07) is 9.76. The topological polar surface area (TPSA) is 29.5 Å². The van der Waals surface area contributed by atoms with Crippen molar-refractivity contribution in [1.29, 1.82) is 0 Å². The van der Waals surface area contributed by atoms with E-state index in [0.717, 1.165) is 16.7 Å². The Kier molecular flexibility index (Phi) is 3.72. The van der Waals surface area contributed by atoms with Crippen LogP contribution in [-0.2, 0) is 11.3 Å². The molecule has 0 amide bonds. The Hall–Kier alpha value is -1.16. The molecule has 1 aromatic carbocycles. The van der Waals surface area contributed by atoms with Crippen LogP contribution in [0.2, 0.25) is 0 Å². The van der Waals surface area contributed by atoms with Crippen LogP contribution in [0.3, 0.4) is 0 Å². The molecule has 1 atom stereocenters. The fraction of sp³-hybridized carbons (Fsp3) is 0.231. The maximum atomic E-state index is 10.2. The van der Waals surface area contributed by atoms with Gasteiger partial charge in [-0.3, -0.25) is 0 Å². The molecule has 0 bridgehead atoms. The predicted octanol–water partition coefficient (Wildman–Crippen LogP) is 2.98. The monoisotopic (exact) mass is 234 g/mol. The highest BCUT2D eigenvalue weighted by atomic mass is 32.1. The van der Waals surface area contributed by atoms with Crippen LogP contribution in [0.5, 0.6) is 0 Å². The zero-order valence-corrected chi connectivity index (χ0v) is 9.91. The van der Waals surface area contributed by atoms with Gasteiger partial charge in [0, 0.05) is 7.11 Å². The van der Waals surface area contributed by atoms with Crippen molar-refractivity contribution in [2.75, 3.05) is 7.11 Å². The van der Waals surface area contributed by atoms with Crippen molar-refractivity contribution in [1.82, 2.24) is 0 Å². The molecule has 1 N–H and O–H groups in total. The molecule has 0 radical (unpaired) electrons. The Labute approximate surface area is 99.1 Å². The molecule has 0 fully saturated rings. The first-order valence-electron chi connectivity index (χ1n) is 5.10. The summed E-state index contributed by atoms with van der Waals surface area (Å²) in [7, 11) is 1.66. The van der Waals surface area contributed by atoms with Crippen LogP contribution in [-0.4, -0.2) is 12.2 Å². The smallest absolute Gasteiger partial charge is 0.105 e.